The van der Waals surface area contributed by atoms with Gasteiger partial charge in [-0.2, -0.15) is 0 Å². The number of nitrogens with zero attached hydrogens (tertiary/aromatic N) is 1. The zero-order chi connectivity index (χ0) is 5.40. The molecule has 0 aromatic heterocycles. The summed E-state index contributed by atoms with van der Waals surface area (Å²) in [4.78, 5) is 4.07. The van der Waals surface area contributed by atoms with Crippen molar-refractivity contribution >= 4 is 18.6 Å². The third-order valence-corrected chi connectivity index (χ3v) is 1.41. The lowest BCUT2D eigenvalue weighted by Gasteiger charge is -1.92. The Kier molecular flexibility index (Phi) is 1.73. The van der Waals surface area contributed by atoms with Gasteiger partial charge in [0, 0.05) is 12.8 Å². The van der Waals surface area contributed by atoms with Crippen LogP contribution in [0, 0.1) is 0 Å². The molecule has 4 heteroatoms. The lowest BCUT2D eigenvalue weighted by atomic mass is 10.3. The summed E-state index contributed by atoms with van der Waals surface area (Å²) in [6, 6.07) is 0. The van der Waals surface area contributed by atoms with Crippen LogP contribution in [-0.2, 0) is 0 Å². The molecule has 50 valence electrons. The van der Waals surface area contributed by atoms with Crippen LogP contribution in [0.5, 0.6) is 0 Å². The lowest BCUT2D eigenvalue weighted by molar-refractivity contribution is 0.707. The van der Waals surface area contributed by atoms with E-state index in [1.54, 1.807) is 0 Å². The summed E-state index contributed by atoms with van der Waals surface area (Å²) in [6.07, 6.45) is 1.87. The van der Waals surface area contributed by atoms with E-state index in [0.717, 1.165) is 13.1 Å². The minimum Gasteiger partial charge on any atom is -0.320 e. The number of hydrogen-bond donors (Lipinski definition) is 2. The minimum atomic E-state index is 0. The second kappa shape index (κ2) is 2.37. The number of halogens is 1. The van der Waals surface area contributed by atoms with Crippen molar-refractivity contribution in [3.05, 3.63) is 11.3 Å². The SMILES string of the molecule is C1=NCC2=C1NNC2.Cl. The first-order chi connectivity index (χ1) is 3.97. The predicted octanol–water partition coefficient (Wildman–Crippen LogP) is -0.146. The van der Waals surface area contributed by atoms with Crippen LogP contribution >= 0.6 is 12.4 Å². The Labute approximate surface area is 59.6 Å². The van der Waals surface area contributed by atoms with Gasteiger partial charge in [-0.3, -0.25) is 4.99 Å². The predicted molar refractivity (Wildman–Crippen MR) is 38.8 cm³/mol. The maximum Gasteiger partial charge on any atom is 0.0690 e. The molecule has 0 bridgehead atoms. The number of allylic oxidation sites excluding steroid dienone is 1. The third-order valence-electron chi connectivity index (χ3n) is 1.41. The second-order valence-corrected chi connectivity index (χ2v) is 1.97. The molecular weight excluding hydrogens is 138 g/mol. The lowest BCUT2D eigenvalue weighted by Crippen LogP contribution is -2.24. The quantitative estimate of drug-likeness (QED) is 0.498. The molecule has 0 amide bonds. The zero-order valence-electron chi connectivity index (χ0n) is 4.85. The van der Waals surface area contributed by atoms with Gasteiger partial charge in [-0.05, 0) is 5.57 Å². The summed E-state index contributed by atoms with van der Waals surface area (Å²) in [5, 5.41) is 0. The summed E-state index contributed by atoms with van der Waals surface area (Å²) >= 11 is 0. The van der Waals surface area contributed by atoms with Crippen molar-refractivity contribution in [1.82, 2.24) is 10.9 Å². The zero-order valence-corrected chi connectivity index (χ0v) is 5.66. The Morgan fingerprint density at radius 3 is 3.22 bits per heavy atom. The van der Waals surface area contributed by atoms with Crippen LogP contribution in [0.3, 0.4) is 0 Å². The Hall–Kier alpha value is -0.540. The summed E-state index contributed by atoms with van der Waals surface area (Å²) in [6.45, 7) is 1.84. The molecule has 0 saturated heterocycles. The van der Waals surface area contributed by atoms with Gasteiger partial charge in [-0.25, -0.2) is 5.43 Å². The van der Waals surface area contributed by atoms with E-state index < -0.39 is 0 Å². The smallest absolute Gasteiger partial charge is 0.0690 e. The van der Waals surface area contributed by atoms with Crippen LogP contribution in [-0.4, -0.2) is 19.3 Å². The van der Waals surface area contributed by atoms with Crippen LogP contribution in [0.15, 0.2) is 16.3 Å². The van der Waals surface area contributed by atoms with Crippen LogP contribution in [0.25, 0.3) is 0 Å². The largest absolute Gasteiger partial charge is 0.320 e. The number of aliphatic imine (C=N–C) groups is 1. The number of nitrogens with one attached hydrogen (secondary N) is 2. The fraction of sp³-hybridized carbons (Fsp3) is 0.400. The van der Waals surface area contributed by atoms with E-state index in [4.69, 9.17) is 0 Å². The summed E-state index contributed by atoms with van der Waals surface area (Å²) < 4.78 is 0. The van der Waals surface area contributed by atoms with Crippen molar-refractivity contribution in [2.45, 2.75) is 0 Å². The number of hydrazine groups is 1. The van der Waals surface area contributed by atoms with Gasteiger partial charge in [-0.1, -0.05) is 0 Å². The van der Waals surface area contributed by atoms with Gasteiger partial charge in [0.05, 0.1) is 12.2 Å². The van der Waals surface area contributed by atoms with E-state index in [2.05, 4.69) is 15.8 Å². The molecule has 0 atom stereocenters. The summed E-state index contributed by atoms with van der Waals surface area (Å²) in [7, 11) is 0. The third kappa shape index (κ3) is 0.930. The van der Waals surface area contributed by atoms with Crippen LogP contribution < -0.4 is 10.9 Å². The summed E-state index contributed by atoms with van der Waals surface area (Å²) in [5.74, 6) is 0. The van der Waals surface area contributed by atoms with Gasteiger partial charge in [0.1, 0.15) is 0 Å². The first-order valence-electron chi connectivity index (χ1n) is 2.67. The molecule has 0 radical (unpaired) electrons. The van der Waals surface area contributed by atoms with Gasteiger partial charge in [0.2, 0.25) is 0 Å². The normalized spacial score (nSPS) is 21.3. The van der Waals surface area contributed by atoms with Crippen molar-refractivity contribution in [3.63, 3.8) is 0 Å². The number of rotatable bonds is 0. The topological polar surface area (TPSA) is 36.4 Å². The molecule has 0 spiro atoms. The molecule has 2 heterocycles. The van der Waals surface area contributed by atoms with Crippen LogP contribution in [0.1, 0.15) is 0 Å². The Morgan fingerprint density at radius 1 is 1.56 bits per heavy atom. The molecule has 2 rings (SSSR count). The summed E-state index contributed by atoms with van der Waals surface area (Å²) in [5.41, 5.74) is 8.56. The second-order valence-electron chi connectivity index (χ2n) is 1.97. The fourth-order valence-corrected chi connectivity index (χ4v) is 0.941. The van der Waals surface area contributed by atoms with Gasteiger partial charge in [-0.15, -0.1) is 12.4 Å². The van der Waals surface area contributed by atoms with Crippen molar-refractivity contribution in [2.75, 3.05) is 13.1 Å². The van der Waals surface area contributed by atoms with E-state index in [-0.39, 0.29) is 12.4 Å². The van der Waals surface area contributed by atoms with Gasteiger partial charge in [0.15, 0.2) is 0 Å². The van der Waals surface area contributed by atoms with Crippen molar-refractivity contribution in [3.8, 4) is 0 Å². The average Bonchev–Trinajstić information content (AvgIpc) is 2.15. The molecule has 3 nitrogen and oxygen atoms in total. The number of hydrogen-bond acceptors (Lipinski definition) is 3. The van der Waals surface area contributed by atoms with E-state index in [1.807, 2.05) is 6.21 Å². The average molecular weight is 146 g/mol. The van der Waals surface area contributed by atoms with Gasteiger partial charge >= 0.3 is 0 Å². The Bertz CT molecular complexity index is 173. The van der Waals surface area contributed by atoms with Crippen molar-refractivity contribution in [2.24, 2.45) is 4.99 Å². The van der Waals surface area contributed by atoms with Crippen LogP contribution in [0.2, 0.25) is 0 Å². The van der Waals surface area contributed by atoms with E-state index >= 15 is 0 Å². The van der Waals surface area contributed by atoms with E-state index in [1.165, 1.54) is 11.3 Å². The highest BCUT2D eigenvalue weighted by molar-refractivity contribution is 5.85. The molecule has 0 aromatic carbocycles. The molecule has 2 N–H and O–H groups in total. The van der Waals surface area contributed by atoms with Gasteiger partial charge in [0.25, 0.3) is 0 Å². The fourth-order valence-electron chi connectivity index (χ4n) is 0.941. The maximum absolute atomic E-state index is 4.07. The van der Waals surface area contributed by atoms with Crippen molar-refractivity contribution < 1.29 is 0 Å². The highest BCUT2D eigenvalue weighted by Crippen LogP contribution is 2.08. The van der Waals surface area contributed by atoms with Crippen molar-refractivity contribution in [1.29, 1.82) is 0 Å². The molecule has 0 aliphatic carbocycles. The highest BCUT2D eigenvalue weighted by atomic mass is 35.5. The highest BCUT2D eigenvalue weighted by Gasteiger charge is 2.13. The van der Waals surface area contributed by atoms with Crippen LogP contribution in [0.4, 0.5) is 0 Å². The monoisotopic (exact) mass is 145 g/mol. The minimum absolute atomic E-state index is 0. The molecule has 0 unspecified atom stereocenters. The molecule has 0 saturated carbocycles. The Morgan fingerprint density at radius 2 is 2.44 bits per heavy atom. The maximum atomic E-state index is 4.07. The molecule has 0 fully saturated rings. The molecular formula is C5H8ClN3. The standard InChI is InChI=1S/C5H7N3.ClH/c1-4-2-7-8-5(4)3-6-1;/h3,7-8H,1-2H2;1H. The molecule has 9 heavy (non-hydrogen) atoms. The van der Waals surface area contributed by atoms with Gasteiger partial charge < -0.3 is 5.43 Å². The molecule has 0 aromatic rings. The molecule has 2 aliphatic heterocycles. The van der Waals surface area contributed by atoms with E-state index in [0.29, 0.717) is 0 Å². The first kappa shape index (κ1) is 6.58. The van der Waals surface area contributed by atoms with E-state index in [9.17, 15) is 0 Å². The Balaban J connectivity index is 0.000000405. The molecule has 2 aliphatic rings. The first-order valence-corrected chi connectivity index (χ1v) is 2.67.